The zero-order chi connectivity index (χ0) is 20.5. The average Bonchev–Trinajstić information content (AvgIpc) is 2.65. The van der Waals surface area contributed by atoms with Crippen LogP contribution in [-0.4, -0.2) is 24.7 Å². The summed E-state index contributed by atoms with van der Waals surface area (Å²) in [6, 6.07) is 9.09. The fourth-order valence-corrected chi connectivity index (χ4v) is 2.51. The molecule has 0 saturated carbocycles. The molecule has 2 aromatic carbocycles. The maximum Gasteiger partial charge on any atom is 0.407 e. The molecular formula is C20H20F3NO4. The lowest BCUT2D eigenvalue weighted by Crippen LogP contribution is -2.39. The Morgan fingerprint density at radius 3 is 2.36 bits per heavy atom. The van der Waals surface area contributed by atoms with Gasteiger partial charge in [0.2, 0.25) is 0 Å². The van der Waals surface area contributed by atoms with Gasteiger partial charge in [-0.1, -0.05) is 30.3 Å². The summed E-state index contributed by atoms with van der Waals surface area (Å²) in [5.41, 5.74) is 0.572. The Kier molecular flexibility index (Phi) is 7.86. The highest BCUT2D eigenvalue weighted by Gasteiger charge is 2.21. The predicted octanol–water partition coefficient (Wildman–Crippen LogP) is 3.89. The van der Waals surface area contributed by atoms with E-state index in [0.717, 1.165) is 5.56 Å². The second-order valence-corrected chi connectivity index (χ2v) is 5.97. The van der Waals surface area contributed by atoms with Gasteiger partial charge in [-0.15, -0.1) is 0 Å². The Bertz CT molecular complexity index is 815. The first-order valence-electron chi connectivity index (χ1n) is 8.65. The van der Waals surface area contributed by atoms with Gasteiger partial charge in [-0.3, -0.25) is 4.79 Å². The molecule has 1 atom stereocenters. The van der Waals surface area contributed by atoms with Crippen LogP contribution in [0.15, 0.2) is 42.5 Å². The van der Waals surface area contributed by atoms with Crippen LogP contribution in [0.5, 0.6) is 0 Å². The number of carbonyl (C=O) groups is 2. The number of nitrogens with one attached hydrogen (secondary N) is 1. The molecule has 28 heavy (non-hydrogen) atoms. The first-order valence-corrected chi connectivity index (χ1v) is 8.65. The van der Waals surface area contributed by atoms with Crippen LogP contribution in [0.1, 0.15) is 24.5 Å². The molecule has 0 heterocycles. The van der Waals surface area contributed by atoms with E-state index in [1.807, 2.05) is 6.07 Å². The number of alkyl carbamates (subject to hydrolysis) is 1. The zero-order valence-electron chi connectivity index (χ0n) is 15.2. The van der Waals surface area contributed by atoms with Crippen LogP contribution < -0.4 is 5.32 Å². The lowest BCUT2D eigenvalue weighted by Gasteiger charge is -2.18. The highest BCUT2D eigenvalue weighted by molar-refractivity contribution is 5.72. The number of esters is 1. The van der Waals surface area contributed by atoms with Crippen molar-refractivity contribution in [3.63, 3.8) is 0 Å². The van der Waals surface area contributed by atoms with E-state index < -0.39 is 35.6 Å². The van der Waals surface area contributed by atoms with Gasteiger partial charge < -0.3 is 14.8 Å². The molecule has 2 aromatic rings. The topological polar surface area (TPSA) is 64.6 Å². The first kappa shape index (κ1) is 21.3. The minimum absolute atomic E-state index is 0.00165. The Morgan fingerprint density at radius 1 is 1.00 bits per heavy atom. The smallest absolute Gasteiger partial charge is 0.407 e. The summed E-state index contributed by atoms with van der Waals surface area (Å²) in [5.74, 6) is -4.15. The Morgan fingerprint density at radius 2 is 1.68 bits per heavy atom. The van der Waals surface area contributed by atoms with Crippen molar-refractivity contribution in [3.8, 4) is 0 Å². The van der Waals surface area contributed by atoms with E-state index in [9.17, 15) is 22.8 Å². The van der Waals surface area contributed by atoms with Crippen molar-refractivity contribution in [1.82, 2.24) is 5.32 Å². The quantitative estimate of drug-likeness (QED) is 0.544. The second kappa shape index (κ2) is 10.3. The highest BCUT2D eigenvalue weighted by Crippen LogP contribution is 2.17. The largest absolute Gasteiger partial charge is 0.466 e. The maximum atomic E-state index is 13.9. The third-order valence-corrected chi connectivity index (χ3v) is 3.81. The SMILES string of the molecule is CCOC(=O)CC(Cc1cc(F)c(F)cc1F)NC(=O)OCc1ccccc1. The normalized spacial score (nSPS) is 11.6. The highest BCUT2D eigenvalue weighted by atomic mass is 19.2. The van der Waals surface area contributed by atoms with Gasteiger partial charge in [0.1, 0.15) is 12.4 Å². The summed E-state index contributed by atoms with van der Waals surface area (Å²) in [5, 5.41) is 2.44. The van der Waals surface area contributed by atoms with E-state index in [-0.39, 0.29) is 31.6 Å². The Balaban J connectivity index is 2.05. The van der Waals surface area contributed by atoms with Crippen molar-refractivity contribution in [2.75, 3.05) is 6.61 Å². The molecule has 0 spiro atoms. The van der Waals surface area contributed by atoms with E-state index in [1.54, 1.807) is 31.2 Å². The number of hydrogen-bond acceptors (Lipinski definition) is 4. The third kappa shape index (κ3) is 6.61. The van der Waals surface area contributed by atoms with Gasteiger partial charge >= 0.3 is 12.1 Å². The summed E-state index contributed by atoms with van der Waals surface area (Å²) < 4.78 is 50.4. The number of amides is 1. The fraction of sp³-hybridized carbons (Fsp3) is 0.300. The first-order chi connectivity index (χ1) is 13.4. The van der Waals surface area contributed by atoms with E-state index in [1.165, 1.54) is 0 Å². The number of hydrogen-bond donors (Lipinski definition) is 1. The maximum absolute atomic E-state index is 13.9. The molecule has 2 rings (SSSR count). The van der Waals surface area contributed by atoms with E-state index in [4.69, 9.17) is 9.47 Å². The molecule has 1 amide bonds. The van der Waals surface area contributed by atoms with Gasteiger partial charge in [-0.25, -0.2) is 18.0 Å². The molecule has 0 fully saturated rings. The fourth-order valence-electron chi connectivity index (χ4n) is 2.51. The van der Waals surface area contributed by atoms with Gasteiger partial charge in [-0.05, 0) is 30.5 Å². The summed E-state index contributed by atoms with van der Waals surface area (Å²) in [4.78, 5) is 23.8. The molecule has 0 radical (unpaired) electrons. The van der Waals surface area contributed by atoms with Crippen molar-refractivity contribution in [2.45, 2.75) is 32.4 Å². The minimum Gasteiger partial charge on any atom is -0.466 e. The summed E-state index contributed by atoms with van der Waals surface area (Å²) in [6.07, 6.45) is -1.37. The summed E-state index contributed by atoms with van der Waals surface area (Å²) >= 11 is 0. The number of ether oxygens (including phenoxy) is 2. The minimum atomic E-state index is -1.32. The molecule has 0 saturated heterocycles. The number of halogens is 3. The van der Waals surface area contributed by atoms with Gasteiger partial charge in [0.05, 0.1) is 13.0 Å². The molecule has 150 valence electrons. The van der Waals surface area contributed by atoms with Crippen LogP contribution >= 0.6 is 0 Å². The molecular weight excluding hydrogens is 375 g/mol. The molecule has 5 nitrogen and oxygen atoms in total. The third-order valence-electron chi connectivity index (χ3n) is 3.81. The van der Waals surface area contributed by atoms with Crippen molar-refractivity contribution >= 4 is 12.1 Å². The van der Waals surface area contributed by atoms with E-state index in [2.05, 4.69) is 5.32 Å². The van der Waals surface area contributed by atoms with Crippen LogP contribution in [0.4, 0.5) is 18.0 Å². The molecule has 0 aromatic heterocycles. The zero-order valence-corrected chi connectivity index (χ0v) is 15.2. The number of benzene rings is 2. The molecule has 1 N–H and O–H groups in total. The second-order valence-electron chi connectivity index (χ2n) is 5.97. The van der Waals surface area contributed by atoms with E-state index in [0.29, 0.717) is 12.1 Å². The number of rotatable bonds is 8. The molecule has 0 aliphatic rings. The monoisotopic (exact) mass is 395 g/mol. The van der Waals surface area contributed by atoms with Crippen molar-refractivity contribution in [1.29, 1.82) is 0 Å². The van der Waals surface area contributed by atoms with Crippen LogP contribution in [0.25, 0.3) is 0 Å². The predicted molar refractivity (Wildman–Crippen MR) is 94.8 cm³/mol. The molecule has 8 heteroatoms. The lowest BCUT2D eigenvalue weighted by molar-refractivity contribution is -0.143. The molecule has 0 aliphatic heterocycles. The van der Waals surface area contributed by atoms with Crippen molar-refractivity contribution < 1.29 is 32.2 Å². The summed E-state index contributed by atoms with van der Waals surface area (Å²) in [7, 11) is 0. The Labute approximate surface area is 160 Å². The van der Waals surface area contributed by atoms with Gasteiger partial charge in [0, 0.05) is 12.1 Å². The van der Waals surface area contributed by atoms with Gasteiger partial charge in [0.15, 0.2) is 11.6 Å². The average molecular weight is 395 g/mol. The van der Waals surface area contributed by atoms with Crippen LogP contribution in [-0.2, 0) is 27.3 Å². The summed E-state index contributed by atoms with van der Waals surface area (Å²) in [6.45, 7) is 1.74. The van der Waals surface area contributed by atoms with Crippen LogP contribution in [0.2, 0.25) is 0 Å². The van der Waals surface area contributed by atoms with Crippen molar-refractivity contribution in [2.24, 2.45) is 0 Å². The van der Waals surface area contributed by atoms with Gasteiger partial charge in [0.25, 0.3) is 0 Å². The van der Waals surface area contributed by atoms with Crippen LogP contribution in [0, 0.1) is 17.5 Å². The van der Waals surface area contributed by atoms with E-state index >= 15 is 0 Å². The van der Waals surface area contributed by atoms with Crippen molar-refractivity contribution in [3.05, 3.63) is 71.0 Å². The Hall–Kier alpha value is -3.03. The van der Waals surface area contributed by atoms with Crippen LogP contribution in [0.3, 0.4) is 0 Å². The lowest BCUT2D eigenvalue weighted by atomic mass is 10.0. The molecule has 1 unspecified atom stereocenters. The number of carbonyl (C=O) groups excluding carboxylic acids is 2. The van der Waals surface area contributed by atoms with Gasteiger partial charge in [-0.2, -0.15) is 0 Å². The molecule has 0 bridgehead atoms. The standard InChI is InChI=1S/C20H20F3NO4/c1-2-27-19(25)10-15(8-14-9-17(22)18(23)11-16(14)21)24-20(26)28-12-13-6-4-3-5-7-13/h3-7,9,11,15H,2,8,10,12H2,1H3,(H,24,26). The molecule has 0 aliphatic carbocycles.